The fourth-order valence-electron chi connectivity index (χ4n) is 1.05. The third kappa shape index (κ3) is 5.36. The molecule has 80 valence electrons. The summed E-state index contributed by atoms with van der Waals surface area (Å²) in [6.45, 7) is 1.39. The summed E-state index contributed by atoms with van der Waals surface area (Å²) >= 11 is 1.73. The molecule has 0 aliphatic heterocycles. The van der Waals surface area contributed by atoms with Crippen LogP contribution in [0.25, 0.3) is 0 Å². The van der Waals surface area contributed by atoms with E-state index in [1.54, 1.807) is 11.3 Å². The standard InChI is InChI=1S/C9H15NO2S2/c1-14(11,12)8-6-10-5-4-9-3-2-7-13-9/h2-3,7,10H,4-6,8H2,1H3. The molecule has 1 rings (SSSR count). The Bertz CT molecular complexity index is 343. The lowest BCUT2D eigenvalue weighted by atomic mass is 10.3. The first-order valence-electron chi connectivity index (χ1n) is 4.49. The molecule has 0 aromatic carbocycles. The van der Waals surface area contributed by atoms with Crippen molar-refractivity contribution in [1.29, 1.82) is 0 Å². The molecular formula is C9H15NO2S2. The lowest BCUT2D eigenvalue weighted by Gasteiger charge is -2.01. The number of rotatable bonds is 6. The molecule has 0 unspecified atom stereocenters. The average Bonchev–Trinajstić information content (AvgIpc) is 2.54. The van der Waals surface area contributed by atoms with Gasteiger partial charge < -0.3 is 5.32 Å². The highest BCUT2D eigenvalue weighted by molar-refractivity contribution is 7.90. The van der Waals surface area contributed by atoms with Crippen LogP contribution in [0.4, 0.5) is 0 Å². The third-order valence-corrected chi connectivity index (χ3v) is 3.66. The van der Waals surface area contributed by atoms with Crippen LogP contribution in [0.3, 0.4) is 0 Å². The first-order chi connectivity index (χ1) is 6.58. The van der Waals surface area contributed by atoms with Gasteiger partial charge in [0.2, 0.25) is 0 Å². The Morgan fingerprint density at radius 3 is 2.79 bits per heavy atom. The molecule has 1 N–H and O–H groups in total. The number of nitrogens with one attached hydrogen (secondary N) is 1. The van der Waals surface area contributed by atoms with E-state index in [2.05, 4.69) is 11.4 Å². The second-order valence-corrected chi connectivity index (χ2v) is 6.50. The van der Waals surface area contributed by atoms with Gasteiger partial charge in [-0.05, 0) is 24.4 Å². The third-order valence-electron chi connectivity index (χ3n) is 1.78. The Labute approximate surface area is 89.1 Å². The van der Waals surface area contributed by atoms with E-state index >= 15 is 0 Å². The molecule has 0 fully saturated rings. The molecule has 0 bridgehead atoms. The van der Waals surface area contributed by atoms with Gasteiger partial charge in [0.1, 0.15) is 9.84 Å². The normalized spacial score (nSPS) is 11.8. The zero-order valence-corrected chi connectivity index (χ0v) is 9.83. The minimum Gasteiger partial charge on any atom is -0.315 e. The van der Waals surface area contributed by atoms with Crippen molar-refractivity contribution in [1.82, 2.24) is 5.32 Å². The maximum absolute atomic E-state index is 10.8. The van der Waals surface area contributed by atoms with E-state index in [1.165, 1.54) is 11.1 Å². The SMILES string of the molecule is CS(=O)(=O)CCNCCc1cccs1. The summed E-state index contributed by atoms with van der Waals surface area (Å²) in [5, 5.41) is 5.16. The van der Waals surface area contributed by atoms with E-state index < -0.39 is 9.84 Å². The highest BCUT2D eigenvalue weighted by Crippen LogP contribution is 2.07. The molecule has 3 nitrogen and oxygen atoms in total. The van der Waals surface area contributed by atoms with Crippen LogP contribution < -0.4 is 5.32 Å². The molecular weight excluding hydrogens is 218 g/mol. The van der Waals surface area contributed by atoms with Gasteiger partial charge in [-0.15, -0.1) is 11.3 Å². The van der Waals surface area contributed by atoms with Gasteiger partial charge in [0, 0.05) is 17.7 Å². The topological polar surface area (TPSA) is 46.2 Å². The fraction of sp³-hybridized carbons (Fsp3) is 0.556. The van der Waals surface area contributed by atoms with Crippen molar-refractivity contribution in [3.63, 3.8) is 0 Å². The molecule has 0 radical (unpaired) electrons. The van der Waals surface area contributed by atoms with Crippen molar-refractivity contribution in [2.75, 3.05) is 25.1 Å². The summed E-state index contributed by atoms with van der Waals surface area (Å²) in [4.78, 5) is 1.33. The number of hydrogen-bond acceptors (Lipinski definition) is 4. The van der Waals surface area contributed by atoms with Gasteiger partial charge in [-0.3, -0.25) is 0 Å². The Morgan fingerprint density at radius 2 is 2.21 bits per heavy atom. The van der Waals surface area contributed by atoms with Crippen molar-refractivity contribution in [3.8, 4) is 0 Å². The molecule has 5 heteroatoms. The van der Waals surface area contributed by atoms with Crippen molar-refractivity contribution < 1.29 is 8.42 Å². The van der Waals surface area contributed by atoms with Crippen LogP contribution in [0.5, 0.6) is 0 Å². The summed E-state index contributed by atoms with van der Waals surface area (Å²) in [6.07, 6.45) is 2.23. The predicted molar refractivity (Wildman–Crippen MR) is 60.6 cm³/mol. The average molecular weight is 233 g/mol. The monoisotopic (exact) mass is 233 g/mol. The zero-order valence-electron chi connectivity index (χ0n) is 8.19. The first-order valence-corrected chi connectivity index (χ1v) is 7.43. The maximum Gasteiger partial charge on any atom is 0.148 e. The molecule has 14 heavy (non-hydrogen) atoms. The number of hydrogen-bond donors (Lipinski definition) is 1. The number of sulfone groups is 1. The van der Waals surface area contributed by atoms with Crippen molar-refractivity contribution in [2.24, 2.45) is 0 Å². The summed E-state index contributed by atoms with van der Waals surface area (Å²) in [7, 11) is -2.82. The van der Waals surface area contributed by atoms with Crippen LogP contribution in [0.2, 0.25) is 0 Å². The van der Waals surface area contributed by atoms with Crippen LogP contribution in [0.15, 0.2) is 17.5 Å². The van der Waals surface area contributed by atoms with E-state index in [0.29, 0.717) is 6.54 Å². The quantitative estimate of drug-likeness (QED) is 0.743. The summed E-state index contributed by atoms with van der Waals surface area (Å²) in [6, 6.07) is 4.11. The Kier molecular flexibility index (Phi) is 4.57. The van der Waals surface area contributed by atoms with Gasteiger partial charge in [0.15, 0.2) is 0 Å². The highest BCUT2D eigenvalue weighted by Gasteiger charge is 2.00. The van der Waals surface area contributed by atoms with Gasteiger partial charge in [-0.25, -0.2) is 8.42 Å². The van der Waals surface area contributed by atoms with E-state index in [1.807, 2.05) is 11.4 Å². The molecule has 0 saturated carbocycles. The smallest absolute Gasteiger partial charge is 0.148 e. The van der Waals surface area contributed by atoms with E-state index in [9.17, 15) is 8.42 Å². The van der Waals surface area contributed by atoms with Gasteiger partial charge in [0.25, 0.3) is 0 Å². The van der Waals surface area contributed by atoms with Crippen molar-refractivity contribution in [3.05, 3.63) is 22.4 Å². The van der Waals surface area contributed by atoms with E-state index in [-0.39, 0.29) is 5.75 Å². The summed E-state index contributed by atoms with van der Waals surface area (Å²) in [5.74, 6) is 0.220. The second kappa shape index (κ2) is 5.48. The summed E-state index contributed by atoms with van der Waals surface area (Å²) < 4.78 is 21.6. The first kappa shape index (κ1) is 11.7. The lowest BCUT2D eigenvalue weighted by molar-refractivity contribution is 0.596. The van der Waals surface area contributed by atoms with Crippen LogP contribution in [-0.4, -0.2) is 33.5 Å². The number of thiophene rings is 1. The van der Waals surface area contributed by atoms with Crippen molar-refractivity contribution >= 4 is 21.2 Å². The Hall–Kier alpha value is -0.390. The van der Waals surface area contributed by atoms with Crippen molar-refractivity contribution in [2.45, 2.75) is 6.42 Å². The second-order valence-electron chi connectivity index (χ2n) is 3.21. The molecule has 1 aromatic rings. The minimum absolute atomic E-state index is 0.220. The predicted octanol–water partition coefficient (Wildman–Crippen LogP) is 0.925. The van der Waals surface area contributed by atoms with Crippen LogP contribution in [-0.2, 0) is 16.3 Å². The largest absolute Gasteiger partial charge is 0.315 e. The van der Waals surface area contributed by atoms with Crippen LogP contribution >= 0.6 is 11.3 Å². The van der Waals surface area contributed by atoms with Crippen LogP contribution in [0.1, 0.15) is 4.88 Å². The van der Waals surface area contributed by atoms with Gasteiger partial charge >= 0.3 is 0 Å². The molecule has 1 aromatic heterocycles. The van der Waals surface area contributed by atoms with E-state index in [4.69, 9.17) is 0 Å². The summed E-state index contributed by atoms with van der Waals surface area (Å²) in [5.41, 5.74) is 0. The zero-order chi connectivity index (χ0) is 10.4. The lowest BCUT2D eigenvalue weighted by Crippen LogP contribution is -2.24. The minimum atomic E-state index is -2.82. The maximum atomic E-state index is 10.8. The molecule has 0 spiro atoms. The van der Waals surface area contributed by atoms with Gasteiger partial charge in [-0.2, -0.15) is 0 Å². The molecule has 0 atom stereocenters. The molecule has 0 aliphatic carbocycles. The highest BCUT2D eigenvalue weighted by atomic mass is 32.2. The molecule has 0 aliphatic rings. The van der Waals surface area contributed by atoms with Crippen LogP contribution in [0, 0.1) is 0 Å². The van der Waals surface area contributed by atoms with Gasteiger partial charge in [0.05, 0.1) is 5.75 Å². The molecule has 1 heterocycles. The molecule has 0 amide bonds. The Balaban J connectivity index is 2.06. The fourth-order valence-corrected chi connectivity index (χ4v) is 2.27. The van der Waals surface area contributed by atoms with E-state index in [0.717, 1.165) is 13.0 Å². The molecule has 0 saturated heterocycles. The Morgan fingerprint density at radius 1 is 1.43 bits per heavy atom. The van der Waals surface area contributed by atoms with Gasteiger partial charge in [-0.1, -0.05) is 6.07 Å².